The Labute approximate surface area is 167 Å². The van der Waals surface area contributed by atoms with Crippen LogP contribution in [0.15, 0.2) is 71.3 Å². The molecule has 0 atom stereocenters. The minimum Gasteiger partial charge on any atom is -0.488 e. The van der Waals surface area contributed by atoms with E-state index in [2.05, 4.69) is 5.16 Å². The first-order valence-corrected chi connectivity index (χ1v) is 9.10. The summed E-state index contributed by atoms with van der Waals surface area (Å²) in [5, 5.41) is 17.0. The Balaban J connectivity index is 1.74. The average molecular weight is 386 g/mol. The second-order valence-corrected chi connectivity index (χ2v) is 6.54. The van der Waals surface area contributed by atoms with Crippen LogP contribution >= 0.6 is 0 Å². The van der Waals surface area contributed by atoms with Crippen LogP contribution < -0.4 is 4.74 Å². The molecular weight excluding hydrogens is 368 g/mol. The normalized spacial score (nSPS) is 11.2. The molecule has 0 bridgehead atoms. The van der Waals surface area contributed by atoms with E-state index in [-0.39, 0.29) is 17.1 Å². The van der Waals surface area contributed by atoms with E-state index in [9.17, 15) is 10.1 Å². The van der Waals surface area contributed by atoms with Gasteiger partial charge in [0.1, 0.15) is 12.4 Å². The first-order chi connectivity index (χ1) is 14.1. The molecule has 0 saturated carbocycles. The van der Waals surface area contributed by atoms with Gasteiger partial charge in [-0.1, -0.05) is 65.8 Å². The molecule has 3 aromatic carbocycles. The Hall–Kier alpha value is -3.93. The second-order valence-electron chi connectivity index (χ2n) is 6.54. The summed E-state index contributed by atoms with van der Waals surface area (Å²) in [6, 6.07) is 21.7. The molecule has 0 saturated heterocycles. The number of nitro groups is 1. The monoisotopic (exact) mass is 386 g/mol. The molecule has 0 radical (unpaired) electrons. The highest BCUT2D eigenvalue weighted by molar-refractivity contribution is 5.95. The molecule has 6 nitrogen and oxygen atoms in total. The first-order valence-electron chi connectivity index (χ1n) is 9.10. The van der Waals surface area contributed by atoms with Crippen LogP contribution in [0.5, 0.6) is 5.75 Å². The van der Waals surface area contributed by atoms with Crippen molar-refractivity contribution in [3.8, 4) is 5.75 Å². The quantitative estimate of drug-likeness (QED) is 0.309. The van der Waals surface area contributed by atoms with Gasteiger partial charge in [-0.25, -0.2) is 0 Å². The number of hydrogen-bond donors (Lipinski definition) is 0. The number of rotatable bonds is 6. The zero-order chi connectivity index (χ0) is 20.2. The summed E-state index contributed by atoms with van der Waals surface area (Å²) in [6.45, 7) is 1.97. The molecule has 0 spiro atoms. The molecule has 0 amide bonds. The summed E-state index contributed by atoms with van der Waals surface area (Å²) in [5.74, 6) is 0.789. The number of nitrogens with zero attached hydrogens (tertiary/aromatic N) is 2. The lowest BCUT2D eigenvalue weighted by molar-refractivity contribution is -0.386. The molecular formula is C23H18N2O4. The van der Waals surface area contributed by atoms with Crippen LogP contribution in [0.3, 0.4) is 0 Å². The summed E-state index contributed by atoms with van der Waals surface area (Å²) in [6.07, 6.45) is 3.34. The van der Waals surface area contributed by atoms with Gasteiger partial charge in [-0.05, 0) is 41.5 Å². The van der Waals surface area contributed by atoms with Crippen LogP contribution in [0.1, 0.15) is 22.6 Å². The molecule has 0 aliphatic heterocycles. The number of aromatic nitrogens is 1. The number of ether oxygens (including phenoxy) is 1. The van der Waals surface area contributed by atoms with Gasteiger partial charge < -0.3 is 9.26 Å². The van der Waals surface area contributed by atoms with Crippen molar-refractivity contribution in [2.24, 2.45) is 0 Å². The van der Waals surface area contributed by atoms with Crippen LogP contribution in [0.4, 0.5) is 5.69 Å². The summed E-state index contributed by atoms with van der Waals surface area (Å²) >= 11 is 0. The van der Waals surface area contributed by atoms with Crippen molar-refractivity contribution < 1.29 is 14.2 Å². The smallest absolute Gasteiger partial charge is 0.338 e. The topological polar surface area (TPSA) is 78.4 Å². The van der Waals surface area contributed by atoms with Crippen LogP contribution in [-0.4, -0.2) is 10.1 Å². The lowest BCUT2D eigenvalue weighted by atomic mass is 10.0. The summed E-state index contributed by atoms with van der Waals surface area (Å²) < 4.78 is 11.2. The van der Waals surface area contributed by atoms with Crippen molar-refractivity contribution in [3.63, 3.8) is 0 Å². The summed E-state index contributed by atoms with van der Waals surface area (Å²) in [4.78, 5) is 10.8. The highest BCUT2D eigenvalue weighted by Crippen LogP contribution is 2.32. The van der Waals surface area contributed by atoms with Gasteiger partial charge in [0.25, 0.3) is 0 Å². The molecule has 4 rings (SSSR count). The van der Waals surface area contributed by atoms with Crippen molar-refractivity contribution in [1.82, 2.24) is 5.16 Å². The van der Waals surface area contributed by atoms with Gasteiger partial charge in [0, 0.05) is 5.56 Å². The van der Waals surface area contributed by atoms with Crippen LogP contribution in [-0.2, 0) is 6.61 Å². The van der Waals surface area contributed by atoms with Crippen molar-refractivity contribution in [3.05, 3.63) is 99.4 Å². The van der Waals surface area contributed by atoms with Crippen LogP contribution in [0.2, 0.25) is 0 Å². The minimum atomic E-state index is -0.485. The third-order valence-corrected chi connectivity index (χ3v) is 4.61. The molecule has 6 heteroatoms. The van der Waals surface area contributed by atoms with E-state index in [0.717, 1.165) is 21.9 Å². The zero-order valence-corrected chi connectivity index (χ0v) is 15.7. The van der Waals surface area contributed by atoms with Crippen molar-refractivity contribution >= 4 is 28.6 Å². The van der Waals surface area contributed by atoms with Crippen LogP contribution in [0, 0.1) is 17.0 Å². The van der Waals surface area contributed by atoms with E-state index in [0.29, 0.717) is 12.4 Å². The molecule has 0 fully saturated rings. The number of aryl methyl sites for hydroxylation is 1. The van der Waals surface area contributed by atoms with E-state index >= 15 is 0 Å². The molecule has 0 aliphatic carbocycles. The molecule has 144 valence electrons. The Kier molecular flexibility index (Phi) is 5.07. The first kappa shape index (κ1) is 18.4. The van der Waals surface area contributed by atoms with Crippen LogP contribution in [0.25, 0.3) is 22.9 Å². The number of hydrogen-bond acceptors (Lipinski definition) is 5. The van der Waals surface area contributed by atoms with Gasteiger partial charge in [0.15, 0.2) is 5.69 Å². The van der Waals surface area contributed by atoms with Crippen molar-refractivity contribution in [2.45, 2.75) is 13.5 Å². The standard InChI is InChI=1S/C23H18N2O4/c1-16-23(25(26)27)22(29-24-16)14-12-20-19-10-6-5-9-18(19)11-13-21(20)28-15-17-7-3-2-4-8-17/h2-14H,15H2,1H3/b14-12-. The van der Waals surface area contributed by atoms with Gasteiger partial charge in [-0.3, -0.25) is 10.1 Å². The van der Waals surface area contributed by atoms with Gasteiger partial charge in [-0.15, -0.1) is 0 Å². The van der Waals surface area contributed by atoms with E-state index in [1.54, 1.807) is 19.1 Å². The fourth-order valence-corrected chi connectivity index (χ4v) is 3.18. The Morgan fingerprint density at radius 1 is 1.03 bits per heavy atom. The predicted octanol–water partition coefficient (Wildman–Crippen LogP) is 5.79. The lowest BCUT2D eigenvalue weighted by Crippen LogP contribution is -1.97. The van der Waals surface area contributed by atoms with E-state index < -0.39 is 4.92 Å². The largest absolute Gasteiger partial charge is 0.488 e. The molecule has 0 N–H and O–H groups in total. The van der Waals surface area contributed by atoms with Gasteiger partial charge in [0.2, 0.25) is 5.76 Å². The number of fused-ring (bicyclic) bond motifs is 1. The van der Waals surface area contributed by atoms with Gasteiger partial charge >= 0.3 is 5.69 Å². The van der Waals surface area contributed by atoms with Gasteiger partial charge in [0.05, 0.1) is 4.92 Å². The predicted molar refractivity (Wildman–Crippen MR) is 112 cm³/mol. The lowest BCUT2D eigenvalue weighted by Gasteiger charge is -2.12. The highest BCUT2D eigenvalue weighted by Gasteiger charge is 2.22. The van der Waals surface area contributed by atoms with Gasteiger partial charge in [-0.2, -0.15) is 0 Å². The minimum absolute atomic E-state index is 0.106. The molecule has 1 aromatic heterocycles. The molecule has 1 heterocycles. The Bertz CT molecular complexity index is 1200. The third kappa shape index (κ3) is 3.87. The number of benzene rings is 3. The maximum Gasteiger partial charge on any atom is 0.338 e. The third-order valence-electron chi connectivity index (χ3n) is 4.61. The second kappa shape index (κ2) is 7.98. The Morgan fingerprint density at radius 2 is 1.79 bits per heavy atom. The molecule has 0 aliphatic rings. The van der Waals surface area contributed by atoms with E-state index in [1.165, 1.54) is 0 Å². The maximum absolute atomic E-state index is 11.3. The maximum atomic E-state index is 11.3. The van der Waals surface area contributed by atoms with Crippen molar-refractivity contribution in [1.29, 1.82) is 0 Å². The fourth-order valence-electron chi connectivity index (χ4n) is 3.18. The fraction of sp³-hybridized carbons (Fsp3) is 0.0870. The summed E-state index contributed by atoms with van der Waals surface area (Å²) in [7, 11) is 0. The average Bonchev–Trinajstić information content (AvgIpc) is 3.12. The van der Waals surface area contributed by atoms with Crippen molar-refractivity contribution in [2.75, 3.05) is 0 Å². The molecule has 0 unspecified atom stereocenters. The van der Waals surface area contributed by atoms with E-state index in [4.69, 9.17) is 9.26 Å². The van der Waals surface area contributed by atoms with E-state index in [1.807, 2.05) is 66.7 Å². The SMILES string of the molecule is Cc1noc(/C=C\c2c(OCc3ccccc3)ccc3ccccc23)c1[N+](=O)[O-]. The molecule has 4 aromatic rings. The zero-order valence-electron chi connectivity index (χ0n) is 15.7. The summed E-state index contributed by atoms with van der Waals surface area (Å²) in [5.41, 5.74) is 1.99. The highest BCUT2D eigenvalue weighted by atomic mass is 16.6. The Morgan fingerprint density at radius 3 is 2.59 bits per heavy atom. The molecule has 29 heavy (non-hydrogen) atoms.